The number of carbonyl (C=O) groups is 2. The standard InChI is InChI=1S/C18H23ClN2O3/c1-20(2)17(22)13-21-11-9-16(10-12-21)24-18(23)8-5-14-3-6-15(19)7-4-14/h3-8,16H,9-13H2,1-2H3/b8-5+. The first-order chi connectivity index (χ1) is 11.4. The molecule has 0 N–H and O–H groups in total. The molecule has 1 aliphatic heterocycles. The van der Waals surface area contributed by atoms with E-state index in [9.17, 15) is 9.59 Å². The largest absolute Gasteiger partial charge is 0.459 e. The van der Waals surface area contributed by atoms with Gasteiger partial charge in [-0.25, -0.2) is 4.79 Å². The van der Waals surface area contributed by atoms with Gasteiger partial charge in [0.25, 0.3) is 0 Å². The van der Waals surface area contributed by atoms with Gasteiger partial charge in [-0.05, 0) is 36.6 Å². The van der Waals surface area contributed by atoms with Crippen molar-refractivity contribution < 1.29 is 14.3 Å². The van der Waals surface area contributed by atoms with Gasteiger partial charge in [-0.1, -0.05) is 23.7 Å². The van der Waals surface area contributed by atoms with Crippen LogP contribution >= 0.6 is 11.6 Å². The summed E-state index contributed by atoms with van der Waals surface area (Å²) in [5.74, 6) is -0.246. The Morgan fingerprint density at radius 2 is 1.88 bits per heavy atom. The quantitative estimate of drug-likeness (QED) is 0.604. The summed E-state index contributed by atoms with van der Waals surface area (Å²) in [6.07, 6.45) is 4.56. The molecule has 1 aliphatic rings. The van der Waals surface area contributed by atoms with Crippen molar-refractivity contribution in [3.8, 4) is 0 Å². The third-order valence-electron chi connectivity index (χ3n) is 3.96. The molecule has 130 valence electrons. The van der Waals surface area contributed by atoms with E-state index in [-0.39, 0.29) is 18.0 Å². The Morgan fingerprint density at radius 1 is 1.25 bits per heavy atom. The number of halogens is 1. The number of hydrogen-bond donors (Lipinski definition) is 0. The molecule has 0 aromatic heterocycles. The van der Waals surface area contributed by atoms with Crippen LogP contribution in [0.15, 0.2) is 30.3 Å². The maximum atomic E-state index is 11.9. The predicted octanol–water partition coefficient (Wildman–Crippen LogP) is 2.45. The van der Waals surface area contributed by atoms with Crippen LogP contribution in [0, 0.1) is 0 Å². The topological polar surface area (TPSA) is 49.9 Å². The summed E-state index contributed by atoms with van der Waals surface area (Å²) in [5.41, 5.74) is 0.897. The molecule has 1 amide bonds. The normalized spacial score (nSPS) is 16.3. The molecular formula is C18H23ClN2O3. The summed E-state index contributed by atoms with van der Waals surface area (Å²) < 4.78 is 5.46. The predicted molar refractivity (Wildman–Crippen MR) is 94.7 cm³/mol. The molecule has 0 spiro atoms. The highest BCUT2D eigenvalue weighted by Gasteiger charge is 2.23. The number of hydrogen-bond acceptors (Lipinski definition) is 4. The van der Waals surface area contributed by atoms with Gasteiger partial charge in [-0.15, -0.1) is 0 Å². The van der Waals surface area contributed by atoms with Crippen molar-refractivity contribution in [2.75, 3.05) is 33.7 Å². The summed E-state index contributed by atoms with van der Waals surface area (Å²) in [6.45, 7) is 1.95. The molecule has 1 saturated heterocycles. The summed E-state index contributed by atoms with van der Waals surface area (Å²) >= 11 is 5.82. The van der Waals surface area contributed by atoms with Crippen molar-refractivity contribution in [3.05, 3.63) is 40.9 Å². The fraction of sp³-hybridized carbons (Fsp3) is 0.444. The van der Waals surface area contributed by atoms with E-state index in [4.69, 9.17) is 16.3 Å². The van der Waals surface area contributed by atoms with Crippen molar-refractivity contribution in [2.45, 2.75) is 18.9 Å². The number of carbonyl (C=O) groups excluding carboxylic acids is 2. The SMILES string of the molecule is CN(C)C(=O)CN1CCC(OC(=O)/C=C/c2ccc(Cl)cc2)CC1. The average molecular weight is 351 g/mol. The minimum Gasteiger partial charge on any atom is -0.459 e. The van der Waals surface area contributed by atoms with E-state index in [2.05, 4.69) is 4.90 Å². The molecule has 0 saturated carbocycles. The highest BCUT2D eigenvalue weighted by atomic mass is 35.5. The van der Waals surface area contributed by atoms with Crippen LogP contribution in [0.5, 0.6) is 0 Å². The summed E-state index contributed by atoms with van der Waals surface area (Å²) in [5, 5.41) is 0.661. The van der Waals surface area contributed by atoms with Crippen molar-refractivity contribution in [2.24, 2.45) is 0 Å². The summed E-state index contributed by atoms with van der Waals surface area (Å²) in [4.78, 5) is 27.3. The maximum absolute atomic E-state index is 11.9. The Bertz CT molecular complexity index is 591. The van der Waals surface area contributed by atoms with Gasteiger partial charge in [0.2, 0.25) is 5.91 Å². The zero-order chi connectivity index (χ0) is 17.5. The number of esters is 1. The maximum Gasteiger partial charge on any atom is 0.331 e. The molecular weight excluding hydrogens is 328 g/mol. The lowest BCUT2D eigenvalue weighted by atomic mass is 10.1. The molecule has 1 aromatic carbocycles. The fourth-order valence-corrected chi connectivity index (χ4v) is 2.59. The van der Waals surface area contributed by atoms with Crippen molar-refractivity contribution in [1.29, 1.82) is 0 Å². The Balaban J connectivity index is 1.74. The third kappa shape index (κ3) is 5.98. The van der Waals surface area contributed by atoms with Crippen LogP contribution in [0.25, 0.3) is 6.08 Å². The minimum atomic E-state index is -0.340. The molecule has 0 radical (unpaired) electrons. The molecule has 0 unspecified atom stereocenters. The molecule has 0 aliphatic carbocycles. The van der Waals surface area contributed by atoms with Crippen LogP contribution < -0.4 is 0 Å². The van der Waals surface area contributed by atoms with Crippen LogP contribution in [0.1, 0.15) is 18.4 Å². The molecule has 6 heteroatoms. The Morgan fingerprint density at radius 3 is 2.46 bits per heavy atom. The van der Waals surface area contributed by atoms with Crippen molar-refractivity contribution in [1.82, 2.24) is 9.80 Å². The first kappa shape index (κ1) is 18.5. The molecule has 0 atom stereocenters. The fourth-order valence-electron chi connectivity index (χ4n) is 2.46. The lowest BCUT2D eigenvalue weighted by Crippen LogP contribution is -2.43. The number of piperidine rings is 1. The van der Waals surface area contributed by atoms with Gasteiger partial charge in [0.1, 0.15) is 6.10 Å². The second-order valence-electron chi connectivity index (χ2n) is 6.09. The lowest BCUT2D eigenvalue weighted by Gasteiger charge is -2.31. The van der Waals surface area contributed by atoms with E-state index >= 15 is 0 Å². The van der Waals surface area contributed by atoms with Crippen LogP contribution in [-0.2, 0) is 14.3 Å². The molecule has 1 heterocycles. The van der Waals surface area contributed by atoms with Gasteiger partial charge in [0.15, 0.2) is 0 Å². The summed E-state index contributed by atoms with van der Waals surface area (Å²) in [7, 11) is 3.51. The van der Waals surface area contributed by atoms with Crippen molar-refractivity contribution in [3.63, 3.8) is 0 Å². The van der Waals surface area contributed by atoms with Gasteiger partial charge < -0.3 is 9.64 Å². The number of ether oxygens (including phenoxy) is 1. The number of benzene rings is 1. The minimum absolute atomic E-state index is 0.0851. The van der Waals surface area contributed by atoms with E-state index in [0.717, 1.165) is 31.5 Å². The number of amides is 1. The zero-order valence-electron chi connectivity index (χ0n) is 14.1. The number of nitrogens with zero attached hydrogens (tertiary/aromatic N) is 2. The molecule has 1 aromatic rings. The summed E-state index contributed by atoms with van der Waals surface area (Å²) in [6, 6.07) is 7.23. The van der Waals surface area contributed by atoms with E-state index in [1.165, 1.54) is 6.08 Å². The van der Waals surface area contributed by atoms with Crippen LogP contribution in [0.3, 0.4) is 0 Å². The smallest absolute Gasteiger partial charge is 0.331 e. The number of likely N-dealkylation sites (N-methyl/N-ethyl adjacent to an activating group) is 1. The molecule has 5 nitrogen and oxygen atoms in total. The molecule has 1 fully saturated rings. The molecule has 2 rings (SSSR count). The van der Waals surface area contributed by atoms with Gasteiger partial charge in [0.05, 0.1) is 6.54 Å². The second-order valence-corrected chi connectivity index (χ2v) is 6.52. The Hall–Kier alpha value is -1.85. The lowest BCUT2D eigenvalue weighted by molar-refractivity contribution is -0.145. The number of rotatable bonds is 5. The van der Waals surface area contributed by atoms with Gasteiger partial charge in [0, 0.05) is 38.3 Å². The van der Waals surface area contributed by atoms with E-state index in [1.807, 2.05) is 12.1 Å². The first-order valence-corrected chi connectivity index (χ1v) is 8.38. The van der Waals surface area contributed by atoms with E-state index in [0.29, 0.717) is 11.6 Å². The first-order valence-electron chi connectivity index (χ1n) is 8.01. The molecule has 24 heavy (non-hydrogen) atoms. The van der Waals surface area contributed by atoms with Gasteiger partial charge >= 0.3 is 5.97 Å². The highest BCUT2D eigenvalue weighted by Crippen LogP contribution is 2.15. The second kappa shape index (κ2) is 8.85. The van der Waals surface area contributed by atoms with E-state index in [1.54, 1.807) is 37.2 Å². The zero-order valence-corrected chi connectivity index (χ0v) is 14.8. The monoisotopic (exact) mass is 350 g/mol. The van der Waals surface area contributed by atoms with Crippen LogP contribution in [0.4, 0.5) is 0 Å². The van der Waals surface area contributed by atoms with Crippen molar-refractivity contribution >= 4 is 29.6 Å². The Labute approximate surface area is 147 Å². The van der Waals surface area contributed by atoms with Gasteiger partial charge in [-0.2, -0.15) is 0 Å². The Kier molecular flexibility index (Phi) is 6.82. The van der Waals surface area contributed by atoms with Crippen LogP contribution in [-0.4, -0.2) is 61.5 Å². The van der Waals surface area contributed by atoms with E-state index < -0.39 is 0 Å². The van der Waals surface area contributed by atoms with Crippen LogP contribution in [0.2, 0.25) is 5.02 Å². The highest BCUT2D eigenvalue weighted by molar-refractivity contribution is 6.30. The molecule has 0 bridgehead atoms. The average Bonchev–Trinajstić information content (AvgIpc) is 2.56. The van der Waals surface area contributed by atoms with Gasteiger partial charge in [-0.3, -0.25) is 9.69 Å². The number of likely N-dealkylation sites (tertiary alicyclic amines) is 1. The third-order valence-corrected chi connectivity index (χ3v) is 4.21.